The number of carbonyl (C=O) groups excluding carboxylic acids is 1. The van der Waals surface area contributed by atoms with Gasteiger partial charge in [0.25, 0.3) is 0 Å². The molecule has 1 aromatic carbocycles. The Morgan fingerprint density at radius 3 is 2.96 bits per heavy atom. The van der Waals surface area contributed by atoms with Gasteiger partial charge in [0, 0.05) is 42.3 Å². The van der Waals surface area contributed by atoms with Crippen molar-refractivity contribution in [1.82, 2.24) is 4.98 Å². The number of rotatable bonds is 6. The molecule has 2 aromatic rings. The van der Waals surface area contributed by atoms with Crippen LogP contribution < -0.4 is 9.64 Å². The van der Waals surface area contributed by atoms with Crippen molar-refractivity contribution >= 4 is 16.9 Å². The van der Waals surface area contributed by atoms with Crippen molar-refractivity contribution in [1.29, 1.82) is 0 Å². The molecular weight excluding hydrogens is 352 g/mol. The van der Waals surface area contributed by atoms with Crippen molar-refractivity contribution in [2.24, 2.45) is 11.8 Å². The van der Waals surface area contributed by atoms with E-state index >= 15 is 0 Å². The minimum atomic E-state index is -0.270. The van der Waals surface area contributed by atoms with Crippen molar-refractivity contribution in [3.63, 3.8) is 0 Å². The molecule has 28 heavy (non-hydrogen) atoms. The van der Waals surface area contributed by atoms with E-state index in [4.69, 9.17) is 9.47 Å². The van der Waals surface area contributed by atoms with Crippen LogP contribution in [-0.2, 0) is 9.53 Å². The number of ether oxygens (including phenoxy) is 2. The topological polar surface area (TPSA) is 52.9 Å². The summed E-state index contributed by atoms with van der Waals surface area (Å²) in [4.78, 5) is 18.4. The molecule has 0 amide bonds. The van der Waals surface area contributed by atoms with E-state index in [1.807, 2.05) is 37.4 Å². The number of benzene rings is 1. The molecule has 0 aliphatic carbocycles. The Morgan fingerprint density at radius 1 is 1.43 bits per heavy atom. The molecule has 1 aromatic heterocycles. The highest BCUT2D eigenvalue weighted by atomic mass is 16.5. The average Bonchev–Trinajstić information content (AvgIpc) is 2.76. The molecule has 1 unspecified atom stereocenters. The van der Waals surface area contributed by atoms with Crippen LogP contribution in [-0.4, -0.2) is 37.2 Å². The van der Waals surface area contributed by atoms with Crippen LogP contribution in [0.4, 0.5) is 0 Å². The van der Waals surface area contributed by atoms with Gasteiger partial charge in [-0.3, -0.25) is 9.78 Å². The van der Waals surface area contributed by atoms with E-state index < -0.39 is 0 Å². The quantitative estimate of drug-likeness (QED) is 0.618. The first-order valence-corrected chi connectivity index (χ1v) is 10.2. The molecule has 5 heteroatoms. The van der Waals surface area contributed by atoms with Gasteiger partial charge in [0.1, 0.15) is 11.8 Å². The van der Waals surface area contributed by atoms with E-state index in [0.29, 0.717) is 18.3 Å². The summed E-state index contributed by atoms with van der Waals surface area (Å²) in [7, 11) is 1.66. The number of carbonyl (C=O) groups is 1. The molecule has 2 bridgehead atoms. The minimum absolute atomic E-state index is 0.153. The van der Waals surface area contributed by atoms with Gasteiger partial charge < -0.3 is 14.4 Å². The zero-order valence-corrected chi connectivity index (χ0v) is 16.7. The fourth-order valence-electron chi connectivity index (χ4n) is 5.00. The summed E-state index contributed by atoms with van der Waals surface area (Å²) in [5.74, 6) is 1.83. The average molecular weight is 381 g/mol. The second-order valence-corrected chi connectivity index (χ2v) is 7.95. The first-order chi connectivity index (χ1) is 13.6. The summed E-state index contributed by atoms with van der Waals surface area (Å²) in [5.41, 5.74) is 1.93. The number of esters is 1. The molecule has 0 saturated carbocycles. The number of nitrogens with one attached hydrogen (secondary N) is 1. The molecule has 5 rings (SSSR count). The molecule has 3 saturated heterocycles. The highest BCUT2D eigenvalue weighted by Crippen LogP contribution is 2.36. The summed E-state index contributed by atoms with van der Waals surface area (Å²) in [6.45, 7) is 8.09. The van der Waals surface area contributed by atoms with Gasteiger partial charge in [0.2, 0.25) is 0 Å². The van der Waals surface area contributed by atoms with E-state index in [9.17, 15) is 4.79 Å². The molecule has 3 fully saturated rings. The first kappa shape index (κ1) is 18.9. The molecule has 148 valence electrons. The minimum Gasteiger partial charge on any atom is -0.497 e. The Hall–Kier alpha value is -2.40. The maximum Gasteiger partial charge on any atom is 0.306 e. The third-order valence-electron chi connectivity index (χ3n) is 6.52. The third-order valence-corrected chi connectivity index (χ3v) is 6.52. The van der Waals surface area contributed by atoms with Crippen LogP contribution in [0.15, 0.2) is 43.1 Å². The number of methoxy groups -OCH3 is 1. The predicted octanol–water partition coefficient (Wildman–Crippen LogP) is 2.72. The number of quaternary nitrogens is 1. The summed E-state index contributed by atoms with van der Waals surface area (Å²) in [5, 5.41) is 0.998. The van der Waals surface area contributed by atoms with Gasteiger partial charge in [-0.25, -0.2) is 0 Å². The van der Waals surface area contributed by atoms with Crippen molar-refractivity contribution in [3.8, 4) is 5.75 Å². The molecule has 4 heterocycles. The lowest BCUT2D eigenvalue weighted by molar-refractivity contribution is -0.949. The molecule has 1 N–H and O–H groups in total. The summed E-state index contributed by atoms with van der Waals surface area (Å²) in [6, 6.07) is 8.15. The van der Waals surface area contributed by atoms with Gasteiger partial charge in [0.15, 0.2) is 6.10 Å². The van der Waals surface area contributed by atoms with E-state index in [0.717, 1.165) is 41.7 Å². The Balaban J connectivity index is 1.76. The zero-order valence-electron chi connectivity index (χ0n) is 16.7. The summed E-state index contributed by atoms with van der Waals surface area (Å²) >= 11 is 0. The largest absolute Gasteiger partial charge is 0.497 e. The standard InChI is InChI=1S/C23H28N2O3/c1-4-15-14-25-11-9-16(15)12-21(25)23(28-22(26)5-2)18-8-10-24-20-7-6-17(27-3)13-19(18)20/h4,6-8,10,13,15-16,21,23H,1,5,9,11-12,14H2,2-3H3/p+1/t15-,16+,21-,23+/m0/s1. The molecular formula is C23H29N2O3+. The van der Waals surface area contributed by atoms with Crippen LogP contribution in [0.5, 0.6) is 5.75 Å². The zero-order chi connectivity index (χ0) is 19.7. The Kier molecular flexibility index (Phi) is 5.36. The van der Waals surface area contributed by atoms with Crippen molar-refractivity contribution in [2.75, 3.05) is 20.2 Å². The van der Waals surface area contributed by atoms with Crippen LogP contribution in [0, 0.1) is 11.8 Å². The van der Waals surface area contributed by atoms with E-state index in [-0.39, 0.29) is 18.1 Å². The molecule has 5 atom stereocenters. The number of piperidine rings is 3. The van der Waals surface area contributed by atoms with E-state index in [1.165, 1.54) is 11.3 Å². The van der Waals surface area contributed by atoms with Gasteiger partial charge >= 0.3 is 5.97 Å². The van der Waals surface area contributed by atoms with E-state index in [2.05, 4.69) is 17.6 Å². The Bertz CT molecular complexity index is 881. The molecule has 3 aliphatic heterocycles. The van der Waals surface area contributed by atoms with Gasteiger partial charge in [-0.15, -0.1) is 6.58 Å². The maximum absolute atomic E-state index is 12.3. The number of fused-ring (bicyclic) bond motifs is 4. The lowest BCUT2D eigenvalue weighted by atomic mass is 9.73. The fraction of sp³-hybridized carbons (Fsp3) is 0.478. The van der Waals surface area contributed by atoms with E-state index in [1.54, 1.807) is 7.11 Å². The van der Waals surface area contributed by atoms with Crippen LogP contribution >= 0.6 is 0 Å². The Labute approximate surface area is 166 Å². The monoisotopic (exact) mass is 381 g/mol. The van der Waals surface area contributed by atoms with Crippen molar-refractivity contribution in [2.45, 2.75) is 38.3 Å². The van der Waals surface area contributed by atoms with Gasteiger partial charge in [-0.1, -0.05) is 13.0 Å². The van der Waals surface area contributed by atoms with Crippen LogP contribution in [0.2, 0.25) is 0 Å². The van der Waals surface area contributed by atoms with Gasteiger partial charge in [-0.2, -0.15) is 0 Å². The lowest BCUT2D eigenvalue weighted by Crippen LogP contribution is -3.20. The first-order valence-electron chi connectivity index (χ1n) is 10.2. The maximum atomic E-state index is 12.3. The summed E-state index contributed by atoms with van der Waals surface area (Å²) in [6.07, 6.45) is 6.32. The highest BCUT2D eigenvalue weighted by Gasteiger charge is 2.47. The number of aromatic nitrogens is 1. The second kappa shape index (κ2) is 7.92. The van der Waals surface area contributed by atoms with Crippen LogP contribution in [0.3, 0.4) is 0 Å². The number of nitrogens with zero attached hydrogens (tertiary/aromatic N) is 1. The van der Waals surface area contributed by atoms with Crippen LogP contribution in [0.25, 0.3) is 10.9 Å². The normalized spacial score (nSPS) is 27.4. The molecule has 5 nitrogen and oxygen atoms in total. The third kappa shape index (κ3) is 3.39. The lowest BCUT2D eigenvalue weighted by Gasteiger charge is -2.48. The number of pyridine rings is 1. The number of hydrogen-bond acceptors (Lipinski definition) is 4. The molecule has 0 spiro atoms. The van der Waals surface area contributed by atoms with Crippen molar-refractivity contribution in [3.05, 3.63) is 48.7 Å². The smallest absolute Gasteiger partial charge is 0.306 e. The van der Waals surface area contributed by atoms with Gasteiger partial charge in [0.05, 0.1) is 25.7 Å². The number of hydrogen-bond donors (Lipinski definition) is 1. The second-order valence-electron chi connectivity index (χ2n) is 7.95. The highest BCUT2D eigenvalue weighted by molar-refractivity contribution is 5.84. The predicted molar refractivity (Wildman–Crippen MR) is 108 cm³/mol. The Morgan fingerprint density at radius 2 is 2.29 bits per heavy atom. The molecule has 0 radical (unpaired) electrons. The van der Waals surface area contributed by atoms with Crippen molar-refractivity contribution < 1.29 is 19.2 Å². The van der Waals surface area contributed by atoms with Gasteiger partial charge in [-0.05, 0) is 30.2 Å². The fourth-order valence-corrected chi connectivity index (χ4v) is 5.00. The summed E-state index contributed by atoms with van der Waals surface area (Å²) < 4.78 is 11.5. The molecule has 3 aliphatic rings. The SMILES string of the molecule is C=C[C@H]1C[NH+]2CC[C@@H]1C[C@H]2[C@H](OC(=O)CC)c1ccnc2ccc(OC)cc12. The van der Waals surface area contributed by atoms with Crippen LogP contribution in [0.1, 0.15) is 37.9 Å².